The minimum absolute atomic E-state index is 0.921. The van der Waals surface area contributed by atoms with E-state index >= 15 is 0 Å². The zero-order valence-electron chi connectivity index (χ0n) is 14.6. The number of benzene rings is 3. The van der Waals surface area contributed by atoms with Crippen molar-refractivity contribution in [1.82, 2.24) is 14.1 Å². The van der Waals surface area contributed by atoms with Crippen LogP contribution in [0.2, 0.25) is 0 Å². The van der Waals surface area contributed by atoms with Gasteiger partial charge in [-0.2, -0.15) is 0 Å². The maximum absolute atomic E-state index is 4.51. The van der Waals surface area contributed by atoms with Crippen molar-refractivity contribution in [1.29, 1.82) is 0 Å². The van der Waals surface area contributed by atoms with Gasteiger partial charge in [-0.05, 0) is 43.3 Å². The maximum Gasteiger partial charge on any atom is 0.139 e. The van der Waals surface area contributed by atoms with Crippen molar-refractivity contribution in [2.75, 3.05) is 0 Å². The van der Waals surface area contributed by atoms with Crippen LogP contribution in [-0.2, 0) is 6.54 Å². The average molecular weight is 337 g/mol. The molecule has 2 heterocycles. The van der Waals surface area contributed by atoms with Gasteiger partial charge in [0.15, 0.2) is 0 Å². The lowest BCUT2D eigenvalue weighted by atomic mass is 10.2. The number of aryl methyl sites for hydroxylation is 1. The van der Waals surface area contributed by atoms with Gasteiger partial charge in [0.2, 0.25) is 0 Å². The molecule has 5 rings (SSSR count). The molecule has 5 aromatic rings. The fourth-order valence-electron chi connectivity index (χ4n) is 3.78. The molecule has 0 aliphatic heterocycles. The van der Waals surface area contributed by atoms with Crippen LogP contribution >= 0.6 is 0 Å². The number of nitrogens with zero attached hydrogens (tertiary/aromatic N) is 3. The molecule has 0 saturated heterocycles. The van der Waals surface area contributed by atoms with E-state index in [-0.39, 0.29) is 0 Å². The van der Waals surface area contributed by atoms with E-state index in [0.29, 0.717) is 0 Å². The van der Waals surface area contributed by atoms with Gasteiger partial charge in [-0.1, -0.05) is 36.4 Å². The minimum atomic E-state index is 0.921. The van der Waals surface area contributed by atoms with E-state index in [1.807, 2.05) is 12.4 Å². The molecule has 0 aliphatic rings. The third-order valence-electron chi connectivity index (χ3n) is 5.02. The molecule has 3 heteroatoms. The van der Waals surface area contributed by atoms with Gasteiger partial charge in [-0.3, -0.25) is 0 Å². The Bertz CT molecular complexity index is 1160. The molecule has 0 saturated carbocycles. The highest BCUT2D eigenvalue weighted by Gasteiger charge is 2.12. The van der Waals surface area contributed by atoms with Gasteiger partial charge in [0.1, 0.15) is 5.82 Å². The lowest BCUT2D eigenvalue weighted by molar-refractivity contribution is 0.771. The van der Waals surface area contributed by atoms with Crippen LogP contribution in [0.4, 0.5) is 0 Å². The predicted molar refractivity (Wildman–Crippen MR) is 108 cm³/mol. The van der Waals surface area contributed by atoms with Gasteiger partial charge in [0.05, 0.1) is 11.0 Å². The Kier molecular flexibility index (Phi) is 3.39. The van der Waals surface area contributed by atoms with Gasteiger partial charge >= 0.3 is 0 Å². The number of hydrogen-bond donors (Lipinski definition) is 0. The SMILES string of the molecule is CCn1ccnc1-c1ccc(-n2c3ccccc3c3ccccc32)cc1. The Morgan fingerprint density at radius 3 is 2.00 bits per heavy atom. The molecular formula is C23H19N3. The molecule has 0 radical (unpaired) electrons. The molecule has 126 valence electrons. The first-order chi connectivity index (χ1) is 12.9. The highest BCUT2D eigenvalue weighted by molar-refractivity contribution is 6.09. The van der Waals surface area contributed by atoms with Crippen molar-refractivity contribution in [3.8, 4) is 17.1 Å². The Morgan fingerprint density at radius 1 is 0.769 bits per heavy atom. The van der Waals surface area contributed by atoms with Crippen molar-refractivity contribution in [3.05, 3.63) is 85.2 Å². The summed E-state index contributed by atoms with van der Waals surface area (Å²) < 4.78 is 4.50. The second kappa shape index (κ2) is 5.88. The highest BCUT2D eigenvalue weighted by Crippen LogP contribution is 2.32. The molecule has 3 aromatic carbocycles. The average Bonchev–Trinajstić information content (AvgIpc) is 3.31. The first-order valence-electron chi connectivity index (χ1n) is 8.97. The summed E-state index contributed by atoms with van der Waals surface area (Å²) in [6.45, 7) is 3.06. The number of para-hydroxylation sites is 2. The molecule has 0 atom stereocenters. The normalized spacial score (nSPS) is 11.4. The first-order valence-corrected chi connectivity index (χ1v) is 8.97. The van der Waals surface area contributed by atoms with Crippen LogP contribution < -0.4 is 0 Å². The van der Waals surface area contributed by atoms with E-state index in [1.54, 1.807) is 0 Å². The third kappa shape index (κ3) is 2.17. The van der Waals surface area contributed by atoms with E-state index < -0.39 is 0 Å². The van der Waals surface area contributed by atoms with Gasteiger partial charge in [-0.25, -0.2) is 4.98 Å². The zero-order chi connectivity index (χ0) is 17.5. The van der Waals surface area contributed by atoms with Crippen molar-refractivity contribution in [2.24, 2.45) is 0 Å². The first kappa shape index (κ1) is 15.0. The molecule has 0 aliphatic carbocycles. The molecule has 0 bridgehead atoms. The predicted octanol–water partition coefficient (Wildman–Crippen LogP) is 5.67. The maximum atomic E-state index is 4.51. The van der Waals surface area contributed by atoms with Crippen molar-refractivity contribution in [3.63, 3.8) is 0 Å². The van der Waals surface area contributed by atoms with E-state index in [0.717, 1.165) is 17.9 Å². The Labute approximate surface area is 152 Å². The second-order valence-electron chi connectivity index (χ2n) is 6.45. The Balaban J connectivity index is 1.71. The smallest absolute Gasteiger partial charge is 0.139 e. The molecule has 2 aromatic heterocycles. The summed E-state index contributed by atoms with van der Waals surface area (Å²) in [5.41, 5.74) is 4.77. The summed E-state index contributed by atoms with van der Waals surface area (Å²) in [5, 5.41) is 2.57. The topological polar surface area (TPSA) is 22.8 Å². The number of rotatable bonds is 3. The molecule has 0 N–H and O–H groups in total. The van der Waals surface area contributed by atoms with Crippen LogP contribution in [-0.4, -0.2) is 14.1 Å². The largest absolute Gasteiger partial charge is 0.331 e. The van der Waals surface area contributed by atoms with Crippen LogP contribution in [0, 0.1) is 0 Å². The van der Waals surface area contributed by atoms with Crippen LogP contribution in [0.15, 0.2) is 85.2 Å². The summed E-state index contributed by atoms with van der Waals surface area (Å²) in [4.78, 5) is 4.51. The molecule has 0 fully saturated rings. The molecule has 3 nitrogen and oxygen atoms in total. The van der Waals surface area contributed by atoms with Crippen molar-refractivity contribution in [2.45, 2.75) is 13.5 Å². The van der Waals surface area contributed by atoms with Gasteiger partial charge in [0.25, 0.3) is 0 Å². The van der Waals surface area contributed by atoms with Crippen LogP contribution in [0.3, 0.4) is 0 Å². The molecule has 0 spiro atoms. The molecule has 0 unspecified atom stereocenters. The molecule has 26 heavy (non-hydrogen) atoms. The third-order valence-corrected chi connectivity index (χ3v) is 5.02. The summed E-state index contributed by atoms with van der Waals surface area (Å²) in [6, 6.07) is 25.9. The quantitative estimate of drug-likeness (QED) is 0.416. The zero-order valence-corrected chi connectivity index (χ0v) is 14.6. The van der Waals surface area contributed by atoms with Crippen LogP contribution in [0.5, 0.6) is 0 Å². The summed E-state index contributed by atoms with van der Waals surface area (Å²) in [7, 11) is 0. The lowest BCUT2D eigenvalue weighted by Gasteiger charge is -2.10. The van der Waals surface area contributed by atoms with Gasteiger partial charge in [-0.15, -0.1) is 0 Å². The fourth-order valence-corrected chi connectivity index (χ4v) is 3.78. The summed E-state index contributed by atoms with van der Waals surface area (Å²) in [5.74, 6) is 1.02. The van der Waals surface area contributed by atoms with E-state index in [1.165, 1.54) is 27.5 Å². The lowest BCUT2D eigenvalue weighted by Crippen LogP contribution is -1.97. The highest BCUT2D eigenvalue weighted by atomic mass is 15.1. The molecule has 0 amide bonds. The van der Waals surface area contributed by atoms with Gasteiger partial charge < -0.3 is 9.13 Å². The number of hydrogen-bond acceptors (Lipinski definition) is 1. The van der Waals surface area contributed by atoms with E-state index in [2.05, 4.69) is 93.8 Å². The van der Waals surface area contributed by atoms with Crippen LogP contribution in [0.1, 0.15) is 6.92 Å². The van der Waals surface area contributed by atoms with Crippen LogP contribution in [0.25, 0.3) is 38.9 Å². The summed E-state index contributed by atoms with van der Waals surface area (Å²) in [6.07, 6.45) is 3.88. The van der Waals surface area contributed by atoms with E-state index in [9.17, 15) is 0 Å². The van der Waals surface area contributed by atoms with Gasteiger partial charge in [0, 0.05) is 41.0 Å². The summed E-state index contributed by atoms with van der Waals surface area (Å²) >= 11 is 0. The number of imidazole rings is 1. The minimum Gasteiger partial charge on any atom is -0.331 e. The fraction of sp³-hybridized carbons (Fsp3) is 0.0870. The standard InChI is InChI=1S/C23H19N3/c1-2-25-16-15-24-23(25)17-11-13-18(14-12-17)26-21-9-5-3-7-19(21)20-8-4-6-10-22(20)26/h3-16H,2H2,1H3. The monoisotopic (exact) mass is 337 g/mol. The van der Waals surface area contributed by atoms with E-state index in [4.69, 9.17) is 0 Å². The van der Waals surface area contributed by atoms with Crippen molar-refractivity contribution < 1.29 is 0 Å². The Morgan fingerprint density at radius 2 is 1.38 bits per heavy atom. The number of fused-ring (bicyclic) bond motifs is 3. The van der Waals surface area contributed by atoms with Crippen molar-refractivity contribution >= 4 is 21.8 Å². The second-order valence-corrected chi connectivity index (χ2v) is 6.45. The molecular weight excluding hydrogens is 318 g/mol. The Hall–Kier alpha value is -3.33. The number of aromatic nitrogens is 3.